The number of benzene rings is 1. The summed E-state index contributed by atoms with van der Waals surface area (Å²) in [5.74, 6) is 1.10. The van der Waals surface area contributed by atoms with Gasteiger partial charge in [-0.05, 0) is 37.5 Å². The average Bonchev–Trinajstić information content (AvgIpc) is 3.39. The summed E-state index contributed by atoms with van der Waals surface area (Å²) in [7, 11) is 0. The quantitative estimate of drug-likeness (QED) is 0.797. The Morgan fingerprint density at radius 2 is 2.00 bits per heavy atom. The minimum absolute atomic E-state index is 0.0846. The predicted octanol–water partition coefficient (Wildman–Crippen LogP) is 3.62. The molecule has 0 radical (unpaired) electrons. The van der Waals surface area contributed by atoms with E-state index in [9.17, 15) is 4.79 Å². The second kappa shape index (κ2) is 7.54. The van der Waals surface area contributed by atoms with E-state index < -0.39 is 0 Å². The lowest BCUT2D eigenvalue weighted by molar-refractivity contribution is 0.184. The summed E-state index contributed by atoms with van der Waals surface area (Å²) in [6.07, 6.45) is 9.92. The van der Waals surface area contributed by atoms with Gasteiger partial charge in [0.25, 0.3) is 0 Å². The third kappa shape index (κ3) is 3.28. The maximum atomic E-state index is 13.0. The van der Waals surface area contributed by atoms with Crippen LogP contribution in [-0.4, -0.2) is 47.1 Å². The Morgan fingerprint density at radius 3 is 2.79 bits per heavy atom. The van der Waals surface area contributed by atoms with Crippen LogP contribution in [0.4, 0.5) is 10.5 Å². The zero-order valence-corrected chi connectivity index (χ0v) is 16.1. The highest BCUT2D eigenvalue weighted by molar-refractivity contribution is 6.16. The van der Waals surface area contributed by atoms with Gasteiger partial charge in [0.05, 0.1) is 30.0 Å². The fourth-order valence-corrected chi connectivity index (χ4v) is 4.77. The standard InChI is InChI=1S/C21H27N5O2/c27-21-25-20(24-15-5-3-1-2-4-6-15)19(14-9-10-28-12-14)26(21)16-7-8-17-18(11-16)23-13-22-17/h7-8,11,13-15,19H,1-6,9-10,12H2,(H,22,23)(H,24,25,27). The zero-order valence-electron chi connectivity index (χ0n) is 16.1. The molecule has 3 aliphatic rings. The van der Waals surface area contributed by atoms with Gasteiger partial charge in [0.15, 0.2) is 0 Å². The van der Waals surface area contributed by atoms with Crippen molar-refractivity contribution in [3.8, 4) is 0 Å². The number of carbonyl (C=O) groups is 1. The molecule has 2 N–H and O–H groups in total. The first-order valence-electron chi connectivity index (χ1n) is 10.5. The van der Waals surface area contributed by atoms with Crippen molar-refractivity contribution in [3.05, 3.63) is 24.5 Å². The molecule has 2 unspecified atom stereocenters. The minimum Gasteiger partial charge on any atom is -0.381 e. The topological polar surface area (TPSA) is 82.6 Å². The molecule has 1 aliphatic carbocycles. The molecule has 2 atom stereocenters. The van der Waals surface area contributed by atoms with Gasteiger partial charge in [0, 0.05) is 18.2 Å². The van der Waals surface area contributed by atoms with E-state index in [-0.39, 0.29) is 18.0 Å². The average molecular weight is 381 g/mol. The van der Waals surface area contributed by atoms with Crippen molar-refractivity contribution in [2.75, 3.05) is 18.1 Å². The molecule has 1 aromatic heterocycles. The number of hydrogen-bond acceptors (Lipinski definition) is 4. The molecule has 148 valence electrons. The van der Waals surface area contributed by atoms with Crippen molar-refractivity contribution in [3.63, 3.8) is 0 Å². The number of amides is 2. The number of carbonyl (C=O) groups excluding carboxylic acids is 1. The maximum absolute atomic E-state index is 13.0. The number of urea groups is 1. The molecule has 3 heterocycles. The number of nitrogens with one attached hydrogen (secondary N) is 2. The number of imidazole rings is 1. The number of aromatic amines is 1. The Labute approximate surface area is 164 Å². The van der Waals surface area contributed by atoms with Crippen LogP contribution < -0.4 is 10.2 Å². The van der Waals surface area contributed by atoms with Crippen molar-refractivity contribution in [1.29, 1.82) is 0 Å². The molecule has 2 aromatic rings. The van der Waals surface area contributed by atoms with E-state index in [0.717, 1.165) is 48.4 Å². The Balaban J connectivity index is 1.50. The summed E-state index contributed by atoms with van der Waals surface area (Å²) in [5.41, 5.74) is 2.70. The molecule has 2 amide bonds. The van der Waals surface area contributed by atoms with Gasteiger partial charge in [0.1, 0.15) is 11.9 Å². The number of amidine groups is 1. The van der Waals surface area contributed by atoms with Crippen molar-refractivity contribution < 1.29 is 9.53 Å². The number of nitrogens with zero attached hydrogens (tertiary/aromatic N) is 3. The van der Waals surface area contributed by atoms with Crippen LogP contribution in [0.25, 0.3) is 11.0 Å². The van der Waals surface area contributed by atoms with Crippen molar-refractivity contribution in [2.24, 2.45) is 10.9 Å². The third-order valence-corrected chi connectivity index (χ3v) is 6.25. The molecule has 2 aliphatic heterocycles. The van der Waals surface area contributed by atoms with Crippen LogP contribution >= 0.6 is 0 Å². The van der Waals surface area contributed by atoms with Crippen LogP contribution in [0.5, 0.6) is 0 Å². The van der Waals surface area contributed by atoms with E-state index in [1.807, 2.05) is 23.1 Å². The SMILES string of the molecule is O=C1NC(=NC2CCCCCC2)C(C2CCOC2)N1c1ccc2nc[nH]c2c1. The molecule has 28 heavy (non-hydrogen) atoms. The molecule has 7 heteroatoms. The molecule has 3 fully saturated rings. The lowest BCUT2D eigenvalue weighted by atomic mass is 9.96. The number of aromatic nitrogens is 2. The lowest BCUT2D eigenvalue weighted by Gasteiger charge is -2.27. The van der Waals surface area contributed by atoms with Crippen molar-refractivity contribution in [1.82, 2.24) is 15.3 Å². The number of anilines is 1. The van der Waals surface area contributed by atoms with E-state index in [2.05, 4.69) is 15.3 Å². The van der Waals surface area contributed by atoms with Gasteiger partial charge in [-0.25, -0.2) is 9.78 Å². The summed E-state index contributed by atoms with van der Waals surface area (Å²) in [4.78, 5) is 27.4. The van der Waals surface area contributed by atoms with Gasteiger partial charge in [-0.15, -0.1) is 0 Å². The molecule has 2 saturated heterocycles. The van der Waals surface area contributed by atoms with Crippen molar-refractivity contribution in [2.45, 2.75) is 57.0 Å². The molecule has 0 spiro atoms. The first-order chi connectivity index (χ1) is 13.8. The number of aliphatic imine (C=N–C) groups is 1. The fourth-order valence-electron chi connectivity index (χ4n) is 4.77. The van der Waals surface area contributed by atoms with Gasteiger partial charge in [-0.2, -0.15) is 0 Å². The second-order valence-corrected chi connectivity index (χ2v) is 8.13. The minimum atomic E-state index is -0.0943. The zero-order chi connectivity index (χ0) is 18.9. The summed E-state index contributed by atoms with van der Waals surface area (Å²) < 4.78 is 5.67. The maximum Gasteiger partial charge on any atom is 0.327 e. The molecule has 5 rings (SSSR count). The van der Waals surface area contributed by atoms with E-state index in [1.54, 1.807) is 6.33 Å². The highest BCUT2D eigenvalue weighted by atomic mass is 16.5. The van der Waals surface area contributed by atoms with Crippen LogP contribution in [0, 0.1) is 5.92 Å². The predicted molar refractivity (Wildman–Crippen MR) is 109 cm³/mol. The van der Waals surface area contributed by atoms with Gasteiger partial charge in [-0.3, -0.25) is 15.2 Å². The first-order valence-corrected chi connectivity index (χ1v) is 10.5. The Morgan fingerprint density at radius 1 is 1.14 bits per heavy atom. The first kappa shape index (κ1) is 17.7. The van der Waals surface area contributed by atoms with Crippen LogP contribution in [0.1, 0.15) is 44.9 Å². The van der Waals surface area contributed by atoms with Crippen LogP contribution in [-0.2, 0) is 4.74 Å². The van der Waals surface area contributed by atoms with Crippen LogP contribution in [0.2, 0.25) is 0 Å². The molecular formula is C21H27N5O2. The van der Waals surface area contributed by atoms with Gasteiger partial charge < -0.3 is 9.72 Å². The van der Waals surface area contributed by atoms with Gasteiger partial charge >= 0.3 is 6.03 Å². The largest absolute Gasteiger partial charge is 0.381 e. The lowest BCUT2D eigenvalue weighted by Crippen LogP contribution is -2.41. The summed E-state index contributed by atoms with van der Waals surface area (Å²) in [6, 6.07) is 6.07. The highest BCUT2D eigenvalue weighted by Crippen LogP contribution is 2.32. The normalized spacial score (nSPS) is 28.2. The van der Waals surface area contributed by atoms with E-state index in [4.69, 9.17) is 9.73 Å². The Hall–Kier alpha value is -2.41. The Kier molecular flexibility index (Phi) is 4.76. The number of rotatable bonds is 3. The van der Waals surface area contributed by atoms with Crippen molar-refractivity contribution >= 4 is 28.6 Å². The number of hydrogen-bond donors (Lipinski definition) is 2. The van der Waals surface area contributed by atoms with E-state index in [0.29, 0.717) is 12.6 Å². The van der Waals surface area contributed by atoms with Gasteiger partial charge in [-0.1, -0.05) is 25.7 Å². The molecule has 0 bridgehead atoms. The van der Waals surface area contributed by atoms with Crippen LogP contribution in [0.3, 0.4) is 0 Å². The van der Waals surface area contributed by atoms with E-state index >= 15 is 0 Å². The molecular weight excluding hydrogens is 354 g/mol. The number of H-pyrrole nitrogens is 1. The number of fused-ring (bicyclic) bond motifs is 1. The summed E-state index contributed by atoms with van der Waals surface area (Å²) in [5, 5.41) is 3.09. The monoisotopic (exact) mass is 381 g/mol. The molecule has 1 aromatic carbocycles. The number of ether oxygens (including phenoxy) is 1. The highest BCUT2D eigenvalue weighted by Gasteiger charge is 2.44. The second-order valence-electron chi connectivity index (χ2n) is 8.13. The fraction of sp³-hybridized carbons (Fsp3) is 0.571. The van der Waals surface area contributed by atoms with Crippen LogP contribution in [0.15, 0.2) is 29.5 Å². The molecule has 7 nitrogen and oxygen atoms in total. The summed E-state index contributed by atoms with van der Waals surface area (Å²) >= 11 is 0. The summed E-state index contributed by atoms with van der Waals surface area (Å²) in [6.45, 7) is 1.42. The smallest absolute Gasteiger partial charge is 0.327 e. The van der Waals surface area contributed by atoms with E-state index in [1.165, 1.54) is 25.7 Å². The third-order valence-electron chi connectivity index (χ3n) is 6.25. The Bertz CT molecular complexity index is 878. The van der Waals surface area contributed by atoms with Gasteiger partial charge in [0.2, 0.25) is 0 Å². The molecule has 1 saturated carbocycles.